The summed E-state index contributed by atoms with van der Waals surface area (Å²) in [5.74, 6) is -1.64. The van der Waals surface area contributed by atoms with Crippen LogP contribution in [0.4, 0.5) is 4.39 Å². The second-order valence-corrected chi connectivity index (χ2v) is 8.24. The Balaban J connectivity index is 1.83. The highest BCUT2D eigenvalue weighted by Gasteiger charge is 2.15. The Kier molecular flexibility index (Phi) is 10.2. The Bertz CT molecular complexity index is 973. The van der Waals surface area contributed by atoms with Crippen molar-refractivity contribution < 1.29 is 23.5 Å². The number of hydrogen-bond acceptors (Lipinski definition) is 4. The van der Waals surface area contributed by atoms with Gasteiger partial charge in [0.1, 0.15) is 22.7 Å². The van der Waals surface area contributed by atoms with E-state index in [9.17, 15) is 14.0 Å². The molecule has 0 spiro atoms. The highest BCUT2D eigenvalue weighted by molar-refractivity contribution is 6.55. The van der Waals surface area contributed by atoms with E-state index in [0.29, 0.717) is 5.75 Å². The number of nitrogens with one attached hydrogen (secondary N) is 1. The topological polar surface area (TPSA) is 64.6 Å². The fourth-order valence-corrected chi connectivity index (χ4v) is 3.12. The Morgan fingerprint density at radius 2 is 1.74 bits per heavy atom. The van der Waals surface area contributed by atoms with Gasteiger partial charge in [0.15, 0.2) is 5.75 Å². The Morgan fingerprint density at radius 3 is 2.35 bits per heavy atom. The van der Waals surface area contributed by atoms with Crippen LogP contribution in [0.2, 0.25) is 15.1 Å². The minimum atomic E-state index is -0.733. The first-order valence-corrected chi connectivity index (χ1v) is 10.6. The van der Waals surface area contributed by atoms with Crippen LogP contribution >= 0.6 is 58.0 Å². The number of ether oxygens (including phenoxy) is 2. The molecule has 11 heteroatoms. The largest absolute Gasteiger partial charge is 0.489 e. The third-order valence-corrected chi connectivity index (χ3v) is 4.80. The molecule has 0 aliphatic rings. The third kappa shape index (κ3) is 8.39. The minimum Gasteiger partial charge on any atom is -0.489 e. The van der Waals surface area contributed by atoms with Crippen molar-refractivity contribution in [2.45, 2.75) is 12.8 Å². The van der Waals surface area contributed by atoms with Crippen LogP contribution in [0.5, 0.6) is 11.5 Å². The van der Waals surface area contributed by atoms with Crippen molar-refractivity contribution in [3.63, 3.8) is 0 Å². The molecule has 2 aromatic rings. The summed E-state index contributed by atoms with van der Waals surface area (Å²) in [6, 6.07) is 6.57. The molecule has 0 saturated carbocycles. The fourth-order valence-electron chi connectivity index (χ4n) is 2.29. The monoisotopic (exact) mass is 527 g/mol. The number of carbonyl (C=O) groups excluding carboxylic acids is 2. The van der Waals surface area contributed by atoms with Crippen LogP contribution in [0.25, 0.3) is 0 Å². The lowest BCUT2D eigenvalue weighted by molar-refractivity contribution is -0.134. The number of rotatable bonds is 9. The summed E-state index contributed by atoms with van der Waals surface area (Å²) in [4.78, 5) is 24.0. The quantitative estimate of drug-likeness (QED) is 0.226. The first-order chi connectivity index (χ1) is 14.7. The predicted octanol–water partition coefficient (Wildman–Crippen LogP) is 6.60. The van der Waals surface area contributed by atoms with Crippen molar-refractivity contribution in [2.75, 3.05) is 13.2 Å². The normalized spacial score (nSPS) is 10.4. The van der Waals surface area contributed by atoms with E-state index in [1.807, 2.05) is 0 Å². The molecule has 31 heavy (non-hydrogen) atoms. The molecular formula is C20H15Cl5FNO4. The molecule has 0 saturated heterocycles. The molecule has 0 heterocycles. The van der Waals surface area contributed by atoms with Gasteiger partial charge in [0.2, 0.25) is 0 Å². The zero-order chi connectivity index (χ0) is 23.0. The van der Waals surface area contributed by atoms with Crippen molar-refractivity contribution in [2.24, 2.45) is 0 Å². The van der Waals surface area contributed by atoms with E-state index in [2.05, 4.69) is 5.32 Å². The summed E-state index contributed by atoms with van der Waals surface area (Å²) >= 11 is 28.9. The van der Waals surface area contributed by atoms with Gasteiger partial charge in [-0.1, -0.05) is 58.0 Å². The van der Waals surface area contributed by atoms with E-state index in [0.717, 1.165) is 6.07 Å². The van der Waals surface area contributed by atoms with Crippen molar-refractivity contribution >= 4 is 69.9 Å². The first kappa shape index (κ1) is 25.6. The molecule has 166 valence electrons. The lowest BCUT2D eigenvalue weighted by Crippen LogP contribution is -2.26. The summed E-state index contributed by atoms with van der Waals surface area (Å²) in [5, 5.41) is 2.84. The minimum absolute atomic E-state index is 0.0149. The zero-order valence-electron chi connectivity index (χ0n) is 15.7. The summed E-state index contributed by atoms with van der Waals surface area (Å²) in [5.41, 5.74) is -0.142. The maximum absolute atomic E-state index is 13.7. The molecule has 0 unspecified atom stereocenters. The van der Waals surface area contributed by atoms with Crippen LogP contribution < -0.4 is 14.8 Å². The highest BCUT2D eigenvalue weighted by atomic mass is 35.5. The number of amides is 1. The molecule has 1 N–H and O–H groups in total. The maximum atomic E-state index is 13.7. The summed E-state index contributed by atoms with van der Waals surface area (Å²) in [6.07, 6.45) is 1.65. The van der Waals surface area contributed by atoms with Crippen molar-refractivity contribution in [3.05, 3.63) is 67.3 Å². The second-order valence-electron chi connectivity index (χ2n) is 5.98. The molecule has 0 aromatic heterocycles. The Morgan fingerprint density at radius 1 is 1.06 bits per heavy atom. The number of benzene rings is 2. The van der Waals surface area contributed by atoms with E-state index < -0.39 is 17.7 Å². The van der Waals surface area contributed by atoms with Gasteiger partial charge in [-0.15, -0.1) is 0 Å². The van der Waals surface area contributed by atoms with Crippen LogP contribution in [0.3, 0.4) is 0 Å². The van der Waals surface area contributed by atoms with E-state index in [1.54, 1.807) is 0 Å². The van der Waals surface area contributed by atoms with Gasteiger partial charge in [0.05, 0.1) is 15.6 Å². The molecule has 0 aliphatic carbocycles. The standard InChI is InChI=1S/C20H15Cl5FNO4/c21-11-3-4-13(16(26)8-11)20(29)27-6-1-2-18(28)31-19-14(22)9-12(10-15(19)23)30-7-5-17(24)25/h3-5,8-10H,1-2,6-7H2,(H,27,29). The van der Waals surface area contributed by atoms with E-state index in [4.69, 9.17) is 67.5 Å². The molecule has 5 nitrogen and oxygen atoms in total. The summed E-state index contributed by atoms with van der Waals surface area (Å²) in [6.45, 7) is 0.223. The molecule has 2 aromatic carbocycles. The van der Waals surface area contributed by atoms with Gasteiger partial charge >= 0.3 is 5.97 Å². The summed E-state index contributed by atoms with van der Waals surface area (Å²) in [7, 11) is 0. The van der Waals surface area contributed by atoms with Gasteiger partial charge in [-0.3, -0.25) is 9.59 Å². The molecule has 0 fully saturated rings. The van der Waals surface area contributed by atoms with E-state index in [1.165, 1.54) is 30.3 Å². The number of halogens is 6. The Labute approximate surface area is 203 Å². The summed E-state index contributed by atoms with van der Waals surface area (Å²) < 4.78 is 24.3. The fraction of sp³-hybridized carbons (Fsp3) is 0.200. The lowest BCUT2D eigenvalue weighted by atomic mass is 10.2. The average molecular weight is 530 g/mol. The van der Waals surface area contributed by atoms with Crippen molar-refractivity contribution in [3.8, 4) is 11.5 Å². The highest BCUT2D eigenvalue weighted by Crippen LogP contribution is 2.37. The van der Waals surface area contributed by atoms with Crippen LogP contribution in [0.15, 0.2) is 40.9 Å². The smallest absolute Gasteiger partial charge is 0.311 e. The van der Waals surface area contributed by atoms with Gasteiger partial charge in [-0.05, 0) is 30.7 Å². The average Bonchev–Trinajstić information content (AvgIpc) is 2.67. The molecule has 0 bridgehead atoms. The van der Waals surface area contributed by atoms with Crippen LogP contribution in [0.1, 0.15) is 23.2 Å². The number of hydrogen-bond donors (Lipinski definition) is 1. The van der Waals surface area contributed by atoms with Gasteiger partial charge in [0, 0.05) is 30.1 Å². The molecule has 0 aliphatic heterocycles. The molecule has 2 rings (SSSR count). The molecule has 1 amide bonds. The van der Waals surface area contributed by atoms with Crippen molar-refractivity contribution in [1.82, 2.24) is 5.32 Å². The van der Waals surface area contributed by atoms with Gasteiger partial charge in [-0.25, -0.2) is 4.39 Å². The van der Waals surface area contributed by atoms with Gasteiger partial charge < -0.3 is 14.8 Å². The number of esters is 1. The molecular weight excluding hydrogens is 514 g/mol. The Hall–Kier alpha value is -1.70. The number of carbonyl (C=O) groups is 2. The van der Waals surface area contributed by atoms with Crippen LogP contribution in [0, 0.1) is 5.82 Å². The molecule has 0 radical (unpaired) electrons. The predicted molar refractivity (Wildman–Crippen MR) is 120 cm³/mol. The lowest BCUT2D eigenvalue weighted by Gasteiger charge is -2.11. The SMILES string of the molecule is O=C(CCCNC(=O)c1ccc(Cl)cc1F)Oc1c(Cl)cc(OCC=C(Cl)Cl)cc1Cl. The first-order valence-electron chi connectivity index (χ1n) is 8.74. The maximum Gasteiger partial charge on any atom is 0.311 e. The van der Waals surface area contributed by atoms with Crippen LogP contribution in [-0.2, 0) is 4.79 Å². The second kappa shape index (κ2) is 12.4. The van der Waals surface area contributed by atoms with E-state index in [-0.39, 0.29) is 56.9 Å². The third-order valence-electron chi connectivity index (χ3n) is 3.69. The zero-order valence-corrected chi connectivity index (χ0v) is 19.5. The van der Waals surface area contributed by atoms with E-state index >= 15 is 0 Å². The van der Waals surface area contributed by atoms with Gasteiger partial charge in [0.25, 0.3) is 5.91 Å². The van der Waals surface area contributed by atoms with Crippen LogP contribution in [-0.4, -0.2) is 25.0 Å². The van der Waals surface area contributed by atoms with Gasteiger partial charge in [-0.2, -0.15) is 0 Å². The molecule has 0 atom stereocenters. The van der Waals surface area contributed by atoms with Crippen molar-refractivity contribution in [1.29, 1.82) is 0 Å².